The predicted molar refractivity (Wildman–Crippen MR) is 115 cm³/mol. The van der Waals surface area contributed by atoms with Crippen molar-refractivity contribution in [3.8, 4) is 0 Å². The highest BCUT2D eigenvalue weighted by Gasteiger charge is 2.18. The third-order valence-corrected chi connectivity index (χ3v) is 5.34. The van der Waals surface area contributed by atoms with Gasteiger partial charge in [0.2, 0.25) is 11.5 Å². The highest BCUT2D eigenvalue weighted by Crippen LogP contribution is 2.20. The zero-order valence-corrected chi connectivity index (χ0v) is 17.6. The number of primary amides is 1. The van der Waals surface area contributed by atoms with Crippen molar-refractivity contribution in [3.05, 3.63) is 69.7 Å². The van der Waals surface area contributed by atoms with E-state index >= 15 is 0 Å². The fourth-order valence-electron chi connectivity index (χ4n) is 3.27. The van der Waals surface area contributed by atoms with Crippen LogP contribution in [0.25, 0.3) is 11.0 Å². The van der Waals surface area contributed by atoms with Gasteiger partial charge in [-0.15, -0.1) is 0 Å². The minimum atomic E-state index is -0.517. The summed E-state index contributed by atoms with van der Waals surface area (Å²) in [6, 6.07) is 13.8. The first-order valence-corrected chi connectivity index (χ1v) is 10.4. The van der Waals surface area contributed by atoms with E-state index in [1.165, 1.54) is 0 Å². The topological polar surface area (TPSA) is 107 Å². The molecular formula is C22H20BrN3O4. The minimum absolute atomic E-state index is 0.0298. The summed E-state index contributed by atoms with van der Waals surface area (Å²) in [6.07, 6.45) is 1.96. The summed E-state index contributed by atoms with van der Waals surface area (Å²) >= 11 is 3.44. The molecule has 8 heteroatoms. The van der Waals surface area contributed by atoms with Crippen molar-refractivity contribution in [1.82, 2.24) is 5.32 Å². The molecule has 3 N–H and O–H groups in total. The van der Waals surface area contributed by atoms with Crippen molar-refractivity contribution in [1.29, 1.82) is 0 Å². The van der Waals surface area contributed by atoms with Crippen LogP contribution in [0.3, 0.4) is 0 Å². The Hall–Kier alpha value is -2.97. The number of fused-ring (bicyclic) bond motifs is 1. The molecule has 0 aliphatic carbocycles. The van der Waals surface area contributed by atoms with E-state index in [0.717, 1.165) is 29.3 Å². The van der Waals surface area contributed by atoms with Gasteiger partial charge in [-0.1, -0.05) is 15.9 Å². The van der Waals surface area contributed by atoms with E-state index in [1.54, 1.807) is 30.3 Å². The Balaban J connectivity index is 1.73. The van der Waals surface area contributed by atoms with Crippen LogP contribution in [0.4, 0.5) is 5.69 Å². The van der Waals surface area contributed by atoms with Gasteiger partial charge in [-0.3, -0.25) is 9.59 Å². The zero-order chi connectivity index (χ0) is 21.1. The molecule has 0 radical (unpaired) electrons. The second kappa shape index (κ2) is 8.81. The molecule has 7 nitrogen and oxygen atoms in total. The molecule has 1 fully saturated rings. The van der Waals surface area contributed by atoms with Crippen LogP contribution >= 0.6 is 15.9 Å². The van der Waals surface area contributed by atoms with Crippen LogP contribution in [0, 0.1) is 0 Å². The fourth-order valence-corrected chi connectivity index (χ4v) is 3.65. The van der Waals surface area contributed by atoms with E-state index in [-0.39, 0.29) is 17.6 Å². The van der Waals surface area contributed by atoms with Gasteiger partial charge in [0.1, 0.15) is 11.1 Å². The van der Waals surface area contributed by atoms with Crippen LogP contribution < -0.4 is 16.6 Å². The SMILES string of the molecule is NC(=O)c1ccc(N=c2oc3ccc(Br)cc3cc2C(=O)NCC2CCCO2)cc1. The predicted octanol–water partition coefficient (Wildman–Crippen LogP) is 3.44. The molecule has 0 saturated carbocycles. The summed E-state index contributed by atoms with van der Waals surface area (Å²) in [4.78, 5) is 28.7. The number of ether oxygens (including phenoxy) is 1. The molecule has 3 aromatic rings. The number of hydrogen-bond donors (Lipinski definition) is 2. The van der Waals surface area contributed by atoms with Gasteiger partial charge in [-0.25, -0.2) is 4.99 Å². The summed E-state index contributed by atoms with van der Waals surface area (Å²) in [6.45, 7) is 1.16. The maximum Gasteiger partial charge on any atom is 0.256 e. The summed E-state index contributed by atoms with van der Waals surface area (Å²) in [5.74, 6) is -0.805. The van der Waals surface area contributed by atoms with Crippen LogP contribution in [0.5, 0.6) is 0 Å². The van der Waals surface area contributed by atoms with Crippen molar-refractivity contribution in [2.75, 3.05) is 13.2 Å². The van der Waals surface area contributed by atoms with Crippen LogP contribution in [0.1, 0.15) is 33.6 Å². The van der Waals surface area contributed by atoms with Crippen molar-refractivity contribution >= 4 is 44.4 Å². The van der Waals surface area contributed by atoms with Crippen molar-refractivity contribution in [3.63, 3.8) is 0 Å². The number of nitrogens with one attached hydrogen (secondary N) is 1. The molecule has 0 bridgehead atoms. The van der Waals surface area contributed by atoms with Crippen LogP contribution in [-0.4, -0.2) is 31.1 Å². The normalized spacial score (nSPS) is 16.7. The standard InChI is InChI=1S/C22H20BrN3O4/c23-15-5-8-19-14(10-15)11-18(21(28)25-12-17-2-1-9-29-17)22(30-19)26-16-6-3-13(4-7-16)20(24)27/h3-8,10-11,17H,1-2,9,12H2,(H2,24,27)(H,25,28). The van der Waals surface area contributed by atoms with E-state index in [0.29, 0.717) is 28.9 Å². The lowest BCUT2D eigenvalue weighted by Gasteiger charge is -2.11. The second-order valence-electron chi connectivity index (χ2n) is 7.02. The van der Waals surface area contributed by atoms with E-state index in [4.69, 9.17) is 14.9 Å². The number of nitrogens with two attached hydrogens (primary N) is 1. The van der Waals surface area contributed by atoms with Gasteiger partial charge in [0, 0.05) is 28.6 Å². The molecule has 1 saturated heterocycles. The second-order valence-corrected chi connectivity index (χ2v) is 7.93. The molecular weight excluding hydrogens is 450 g/mol. The molecule has 1 aliphatic heterocycles. The molecule has 2 amide bonds. The fraction of sp³-hybridized carbons (Fsp3) is 0.227. The first kappa shape index (κ1) is 20.3. The van der Waals surface area contributed by atoms with Gasteiger partial charge in [0.05, 0.1) is 11.8 Å². The molecule has 30 heavy (non-hydrogen) atoms. The van der Waals surface area contributed by atoms with Gasteiger partial charge in [0.15, 0.2) is 0 Å². The van der Waals surface area contributed by atoms with Crippen molar-refractivity contribution in [2.24, 2.45) is 10.7 Å². The van der Waals surface area contributed by atoms with Gasteiger partial charge in [-0.2, -0.15) is 0 Å². The lowest BCUT2D eigenvalue weighted by molar-refractivity contribution is 0.0854. The average Bonchev–Trinajstić information content (AvgIpc) is 3.26. The quantitative estimate of drug-likeness (QED) is 0.596. The molecule has 1 aromatic heterocycles. The van der Waals surface area contributed by atoms with E-state index in [1.807, 2.05) is 18.2 Å². The van der Waals surface area contributed by atoms with Crippen molar-refractivity contribution in [2.45, 2.75) is 18.9 Å². The molecule has 1 unspecified atom stereocenters. The largest absolute Gasteiger partial charge is 0.438 e. The number of nitrogens with zero attached hydrogens (tertiary/aromatic N) is 1. The minimum Gasteiger partial charge on any atom is -0.438 e. The molecule has 0 spiro atoms. The Morgan fingerprint density at radius 1 is 1.17 bits per heavy atom. The Morgan fingerprint density at radius 3 is 2.67 bits per heavy atom. The molecule has 2 aromatic carbocycles. The van der Waals surface area contributed by atoms with Gasteiger partial charge in [-0.05, 0) is 61.4 Å². The summed E-state index contributed by atoms with van der Waals surface area (Å²) < 4.78 is 12.4. The monoisotopic (exact) mass is 469 g/mol. The van der Waals surface area contributed by atoms with E-state index < -0.39 is 5.91 Å². The molecule has 2 heterocycles. The maximum absolute atomic E-state index is 12.9. The number of benzene rings is 2. The Morgan fingerprint density at radius 2 is 1.97 bits per heavy atom. The summed E-state index contributed by atoms with van der Waals surface area (Å²) in [5, 5.41) is 3.69. The van der Waals surface area contributed by atoms with E-state index in [2.05, 4.69) is 26.2 Å². The third kappa shape index (κ3) is 4.60. The number of amides is 2. The molecule has 154 valence electrons. The average molecular weight is 470 g/mol. The number of carbonyl (C=O) groups is 2. The number of halogens is 1. The van der Waals surface area contributed by atoms with Gasteiger partial charge in [0.25, 0.3) is 5.91 Å². The highest BCUT2D eigenvalue weighted by molar-refractivity contribution is 9.10. The molecule has 1 atom stereocenters. The Labute approximate surface area is 181 Å². The van der Waals surface area contributed by atoms with Gasteiger partial charge < -0.3 is 20.2 Å². The molecule has 1 aliphatic rings. The van der Waals surface area contributed by atoms with Crippen LogP contribution in [0.15, 0.2) is 62.4 Å². The van der Waals surface area contributed by atoms with Crippen molar-refractivity contribution < 1.29 is 18.7 Å². The maximum atomic E-state index is 12.9. The lowest BCUT2D eigenvalue weighted by atomic mass is 10.1. The van der Waals surface area contributed by atoms with E-state index in [9.17, 15) is 9.59 Å². The number of carbonyl (C=O) groups excluding carboxylic acids is 2. The number of rotatable bonds is 5. The Kier molecular flexibility index (Phi) is 5.96. The highest BCUT2D eigenvalue weighted by atomic mass is 79.9. The number of hydrogen-bond acceptors (Lipinski definition) is 5. The summed E-state index contributed by atoms with van der Waals surface area (Å²) in [7, 11) is 0. The third-order valence-electron chi connectivity index (χ3n) is 4.85. The summed E-state index contributed by atoms with van der Waals surface area (Å²) in [5.41, 5.74) is 7.30. The van der Waals surface area contributed by atoms with Crippen LogP contribution in [0.2, 0.25) is 0 Å². The zero-order valence-electron chi connectivity index (χ0n) is 16.1. The first-order chi connectivity index (χ1) is 14.5. The first-order valence-electron chi connectivity index (χ1n) is 9.57. The Bertz CT molecular complexity index is 1170. The smallest absolute Gasteiger partial charge is 0.256 e. The van der Waals surface area contributed by atoms with Crippen LogP contribution in [-0.2, 0) is 4.74 Å². The van der Waals surface area contributed by atoms with Gasteiger partial charge >= 0.3 is 0 Å². The molecule has 4 rings (SSSR count). The lowest BCUT2D eigenvalue weighted by Crippen LogP contribution is -2.34.